The van der Waals surface area contributed by atoms with E-state index in [2.05, 4.69) is 20.7 Å². The van der Waals surface area contributed by atoms with Gasteiger partial charge in [-0.3, -0.25) is 4.79 Å². The first-order valence-electron chi connectivity index (χ1n) is 9.65. The first kappa shape index (κ1) is 23.5. The molecule has 0 unspecified atom stereocenters. The van der Waals surface area contributed by atoms with Crippen molar-refractivity contribution in [1.82, 2.24) is 14.6 Å². The monoisotopic (exact) mass is 470 g/mol. The molecule has 32 heavy (non-hydrogen) atoms. The maximum absolute atomic E-state index is 12.5. The number of carbonyl (C=O) groups is 2. The molecule has 3 aromatic heterocycles. The van der Waals surface area contributed by atoms with Crippen LogP contribution in [-0.4, -0.2) is 49.8 Å². The van der Waals surface area contributed by atoms with Gasteiger partial charge in [-0.05, 0) is 30.4 Å². The van der Waals surface area contributed by atoms with Crippen LogP contribution in [0.25, 0.3) is 5.65 Å². The molecule has 1 aliphatic rings. The van der Waals surface area contributed by atoms with Crippen LogP contribution in [0.1, 0.15) is 36.0 Å². The molecule has 1 saturated carbocycles. The second-order valence-corrected chi connectivity index (χ2v) is 7.89. The molecule has 0 aromatic carbocycles. The van der Waals surface area contributed by atoms with Crippen LogP contribution in [0.4, 0.5) is 24.7 Å². The van der Waals surface area contributed by atoms with Crippen molar-refractivity contribution in [3.63, 3.8) is 0 Å². The summed E-state index contributed by atoms with van der Waals surface area (Å²) in [5, 5.41) is 21.4. The molecular formula is C19H21F3N6O3S. The van der Waals surface area contributed by atoms with Gasteiger partial charge in [-0.2, -0.15) is 29.6 Å². The van der Waals surface area contributed by atoms with E-state index < -0.39 is 12.1 Å². The van der Waals surface area contributed by atoms with Crippen molar-refractivity contribution in [3.05, 3.63) is 40.8 Å². The number of hydrogen-bond acceptors (Lipinski definition) is 7. The number of thiophene rings is 1. The number of aliphatic carboxylic acids is 1. The maximum atomic E-state index is 12.5. The van der Waals surface area contributed by atoms with Crippen molar-refractivity contribution < 1.29 is 27.9 Å². The summed E-state index contributed by atoms with van der Waals surface area (Å²) in [4.78, 5) is 26.0. The number of nitrogens with zero attached hydrogens (tertiary/aromatic N) is 3. The van der Waals surface area contributed by atoms with E-state index in [1.165, 1.54) is 24.2 Å². The predicted molar refractivity (Wildman–Crippen MR) is 113 cm³/mol. The Morgan fingerprint density at radius 3 is 2.59 bits per heavy atom. The average Bonchev–Trinajstić information content (AvgIpc) is 3.39. The van der Waals surface area contributed by atoms with E-state index in [1.807, 2.05) is 22.9 Å². The molecule has 4 rings (SSSR count). The molecule has 172 valence electrons. The number of anilines is 2. The topological polar surface area (TPSA) is 135 Å². The summed E-state index contributed by atoms with van der Waals surface area (Å²) in [7, 11) is 0. The minimum absolute atomic E-state index is 0.137. The van der Waals surface area contributed by atoms with Crippen LogP contribution >= 0.6 is 11.3 Å². The first-order valence-corrected chi connectivity index (χ1v) is 10.6. The van der Waals surface area contributed by atoms with E-state index in [4.69, 9.17) is 15.6 Å². The predicted octanol–water partition coefficient (Wildman–Crippen LogP) is 3.36. The second-order valence-electron chi connectivity index (χ2n) is 7.11. The van der Waals surface area contributed by atoms with E-state index >= 15 is 0 Å². The fourth-order valence-electron chi connectivity index (χ4n) is 3.17. The number of rotatable bonds is 4. The minimum Gasteiger partial charge on any atom is -0.475 e. The highest BCUT2D eigenvalue weighted by atomic mass is 32.1. The molecule has 1 aliphatic carbocycles. The van der Waals surface area contributed by atoms with E-state index in [1.54, 1.807) is 16.9 Å². The molecule has 2 atom stereocenters. The van der Waals surface area contributed by atoms with Crippen LogP contribution in [0.3, 0.4) is 0 Å². The fourth-order valence-corrected chi connectivity index (χ4v) is 3.76. The molecule has 0 radical (unpaired) electrons. The Morgan fingerprint density at radius 1 is 1.25 bits per heavy atom. The molecule has 5 N–H and O–H groups in total. The number of hydrogen-bond donors (Lipinski definition) is 4. The molecular weight excluding hydrogens is 449 g/mol. The third-order valence-electron chi connectivity index (χ3n) is 4.79. The van der Waals surface area contributed by atoms with E-state index in [0.717, 1.165) is 24.3 Å². The summed E-state index contributed by atoms with van der Waals surface area (Å²) in [6.45, 7) is 0. The fraction of sp³-hybridized carbons (Fsp3) is 0.368. The van der Waals surface area contributed by atoms with Gasteiger partial charge < -0.3 is 21.5 Å². The second kappa shape index (κ2) is 9.96. The van der Waals surface area contributed by atoms with Gasteiger partial charge in [0.15, 0.2) is 5.65 Å². The number of halogens is 3. The normalized spacial score (nSPS) is 18.5. The molecule has 13 heteroatoms. The zero-order valence-corrected chi connectivity index (χ0v) is 17.5. The summed E-state index contributed by atoms with van der Waals surface area (Å²) in [6, 6.07) is 4.08. The van der Waals surface area contributed by atoms with Crippen molar-refractivity contribution in [3.8, 4) is 0 Å². The summed E-state index contributed by atoms with van der Waals surface area (Å²) in [5.41, 5.74) is 7.95. The maximum Gasteiger partial charge on any atom is 0.490 e. The molecule has 1 amide bonds. The van der Waals surface area contributed by atoms with Gasteiger partial charge in [-0.25, -0.2) is 14.3 Å². The lowest BCUT2D eigenvalue weighted by Gasteiger charge is -2.29. The standard InChI is InChI=1S/C17H20N6OS.C2HF3O2/c18-13-3-1-2-4-14(13)21-15-5-7-23-16(22-15)12(9-19-23)17(24)20-11-6-8-25-10-11;3-2(4,5)1(6)7/h5-10,13-14H,1-4,18H2,(H,20,24)(H,21,22);(H,6,7)/t13-,14+;/m0./s1. The lowest BCUT2D eigenvalue weighted by atomic mass is 9.91. The number of amides is 1. The van der Waals surface area contributed by atoms with Gasteiger partial charge in [-0.15, -0.1) is 0 Å². The van der Waals surface area contributed by atoms with Gasteiger partial charge in [0.05, 0.1) is 11.9 Å². The van der Waals surface area contributed by atoms with Crippen molar-refractivity contribution in [2.75, 3.05) is 10.6 Å². The van der Waals surface area contributed by atoms with Gasteiger partial charge in [0.25, 0.3) is 5.91 Å². The third-order valence-corrected chi connectivity index (χ3v) is 5.47. The molecule has 9 nitrogen and oxygen atoms in total. The van der Waals surface area contributed by atoms with Crippen molar-refractivity contribution in [2.45, 2.75) is 43.9 Å². The minimum atomic E-state index is -5.08. The summed E-state index contributed by atoms with van der Waals surface area (Å²) in [5.74, 6) is -2.25. The molecule has 3 heterocycles. The zero-order chi connectivity index (χ0) is 23.3. The van der Waals surface area contributed by atoms with Gasteiger partial charge in [-0.1, -0.05) is 12.8 Å². The number of carboxylic acid groups (broad SMARTS) is 1. The number of nitrogens with two attached hydrogens (primary N) is 1. The number of carboxylic acids is 1. The lowest BCUT2D eigenvalue weighted by Crippen LogP contribution is -2.42. The summed E-state index contributed by atoms with van der Waals surface area (Å²) < 4.78 is 33.3. The number of nitrogens with one attached hydrogen (secondary N) is 2. The molecule has 0 aliphatic heterocycles. The SMILES string of the molecule is N[C@H]1CCCC[C@H]1Nc1ccn2ncc(C(=O)Nc3ccsc3)c2n1.O=C(O)C(F)(F)F. The Bertz CT molecular complexity index is 1070. The summed E-state index contributed by atoms with van der Waals surface area (Å²) >= 11 is 1.53. The highest BCUT2D eigenvalue weighted by Crippen LogP contribution is 2.21. The van der Waals surface area contributed by atoms with Crippen LogP contribution in [-0.2, 0) is 4.79 Å². The Labute approximate surface area is 184 Å². The van der Waals surface area contributed by atoms with Crippen LogP contribution in [0, 0.1) is 0 Å². The summed E-state index contributed by atoms with van der Waals surface area (Å²) in [6.07, 6.45) is 2.69. The average molecular weight is 470 g/mol. The molecule has 0 spiro atoms. The molecule has 3 aromatic rings. The molecule has 0 saturated heterocycles. The smallest absolute Gasteiger partial charge is 0.475 e. The Hall–Kier alpha value is -3.19. The zero-order valence-electron chi connectivity index (χ0n) is 16.7. The van der Waals surface area contributed by atoms with Crippen LogP contribution < -0.4 is 16.4 Å². The first-order chi connectivity index (χ1) is 15.1. The lowest BCUT2D eigenvalue weighted by molar-refractivity contribution is -0.192. The largest absolute Gasteiger partial charge is 0.490 e. The molecule has 1 fully saturated rings. The molecule has 0 bridgehead atoms. The highest BCUT2D eigenvalue weighted by molar-refractivity contribution is 7.08. The van der Waals surface area contributed by atoms with E-state index in [-0.39, 0.29) is 18.0 Å². The Balaban J connectivity index is 0.000000360. The number of fused-ring (bicyclic) bond motifs is 1. The van der Waals surface area contributed by atoms with Crippen LogP contribution in [0.5, 0.6) is 0 Å². The van der Waals surface area contributed by atoms with Gasteiger partial charge in [0, 0.05) is 23.7 Å². The van der Waals surface area contributed by atoms with Crippen LogP contribution in [0.15, 0.2) is 35.3 Å². The number of alkyl halides is 3. The number of aromatic nitrogens is 3. The van der Waals surface area contributed by atoms with E-state index in [9.17, 15) is 18.0 Å². The quantitative estimate of drug-likeness (QED) is 0.459. The Kier molecular flexibility index (Phi) is 7.30. The van der Waals surface area contributed by atoms with E-state index in [0.29, 0.717) is 11.2 Å². The van der Waals surface area contributed by atoms with Gasteiger partial charge >= 0.3 is 12.1 Å². The Morgan fingerprint density at radius 2 is 1.97 bits per heavy atom. The van der Waals surface area contributed by atoms with Crippen LogP contribution in [0.2, 0.25) is 0 Å². The van der Waals surface area contributed by atoms with Crippen molar-refractivity contribution in [1.29, 1.82) is 0 Å². The third kappa shape index (κ3) is 5.95. The van der Waals surface area contributed by atoms with Crippen molar-refractivity contribution in [2.24, 2.45) is 5.73 Å². The van der Waals surface area contributed by atoms with Gasteiger partial charge in [0.2, 0.25) is 0 Å². The number of carbonyl (C=O) groups excluding carboxylic acids is 1. The highest BCUT2D eigenvalue weighted by Gasteiger charge is 2.38. The van der Waals surface area contributed by atoms with Crippen molar-refractivity contribution >= 4 is 40.4 Å². The van der Waals surface area contributed by atoms with Gasteiger partial charge in [0.1, 0.15) is 11.4 Å².